The van der Waals surface area contributed by atoms with Crippen LogP contribution in [0.2, 0.25) is 0 Å². The lowest BCUT2D eigenvalue weighted by atomic mass is 9.70. The third-order valence-corrected chi connectivity index (χ3v) is 6.49. The summed E-state index contributed by atoms with van der Waals surface area (Å²) in [6.45, 7) is 7.56. The molecule has 3 unspecified atom stereocenters. The molecule has 2 fully saturated rings. The first-order valence-corrected chi connectivity index (χ1v) is 7.92. The van der Waals surface area contributed by atoms with Gasteiger partial charge in [0, 0.05) is 0 Å². The van der Waals surface area contributed by atoms with Crippen LogP contribution in [0.4, 0.5) is 0 Å². The van der Waals surface area contributed by atoms with Crippen molar-refractivity contribution < 1.29 is 14.8 Å². The second-order valence-electron chi connectivity index (χ2n) is 7.48. The number of ether oxygens (including phenoxy) is 1. The first-order valence-electron chi connectivity index (χ1n) is 7.92. The minimum absolute atomic E-state index is 0.241. The second kappa shape index (κ2) is 5.11. The molecule has 4 heteroatoms. The van der Waals surface area contributed by atoms with Crippen molar-refractivity contribution in [2.45, 2.75) is 52.7 Å². The van der Waals surface area contributed by atoms with Crippen LogP contribution in [0.15, 0.2) is 24.3 Å². The van der Waals surface area contributed by atoms with Gasteiger partial charge in [0.1, 0.15) is 0 Å². The van der Waals surface area contributed by atoms with Crippen molar-refractivity contribution in [3.05, 3.63) is 29.8 Å². The number of rotatable bonds is 4. The molecule has 2 aliphatic carbocycles. The molecule has 0 amide bonds. The van der Waals surface area contributed by atoms with Crippen LogP contribution in [0.3, 0.4) is 0 Å². The Morgan fingerprint density at radius 1 is 1.24 bits per heavy atom. The fraction of sp³-hybridized carbons (Fsp3) is 0.647. The van der Waals surface area contributed by atoms with E-state index in [1.54, 1.807) is 6.07 Å². The first kappa shape index (κ1) is 15.1. The van der Waals surface area contributed by atoms with E-state index in [-0.39, 0.29) is 11.5 Å². The SMILES string of the molecule is CC1(C)C2CCC1(C)C(OCc1ccccc1B(O)O)C2. The molecule has 3 nitrogen and oxygen atoms in total. The van der Waals surface area contributed by atoms with E-state index < -0.39 is 7.12 Å². The molecule has 2 bridgehead atoms. The van der Waals surface area contributed by atoms with Crippen LogP contribution in [0.5, 0.6) is 0 Å². The summed E-state index contributed by atoms with van der Waals surface area (Å²) in [5.74, 6) is 0.756. The maximum absolute atomic E-state index is 9.44. The van der Waals surface area contributed by atoms with Crippen LogP contribution in [-0.2, 0) is 11.3 Å². The zero-order chi connectivity index (χ0) is 15.3. The van der Waals surface area contributed by atoms with E-state index in [0.717, 1.165) is 17.9 Å². The lowest BCUT2D eigenvalue weighted by Crippen LogP contribution is -2.38. The summed E-state index contributed by atoms with van der Waals surface area (Å²) in [6.07, 6.45) is 3.96. The van der Waals surface area contributed by atoms with Crippen molar-refractivity contribution >= 4 is 12.6 Å². The minimum atomic E-state index is -1.43. The van der Waals surface area contributed by atoms with Gasteiger partial charge < -0.3 is 14.8 Å². The Balaban J connectivity index is 1.73. The highest BCUT2D eigenvalue weighted by Gasteiger charge is 2.61. The molecule has 3 atom stereocenters. The predicted octanol–water partition coefficient (Wildman–Crippen LogP) is 2.10. The molecule has 0 spiro atoms. The van der Waals surface area contributed by atoms with Crippen molar-refractivity contribution in [2.24, 2.45) is 16.7 Å². The zero-order valence-corrected chi connectivity index (χ0v) is 13.2. The number of hydrogen-bond donors (Lipinski definition) is 2. The van der Waals surface area contributed by atoms with E-state index >= 15 is 0 Å². The maximum atomic E-state index is 9.44. The van der Waals surface area contributed by atoms with Gasteiger partial charge in [-0.1, -0.05) is 45.0 Å². The van der Waals surface area contributed by atoms with E-state index in [4.69, 9.17) is 4.74 Å². The van der Waals surface area contributed by atoms with Crippen LogP contribution in [0.1, 0.15) is 45.6 Å². The molecule has 1 aromatic carbocycles. The lowest BCUT2D eigenvalue weighted by Gasteiger charge is -2.39. The normalized spacial score (nSPS) is 33.4. The molecule has 0 saturated heterocycles. The predicted molar refractivity (Wildman–Crippen MR) is 84.1 cm³/mol. The Morgan fingerprint density at radius 3 is 2.52 bits per heavy atom. The molecule has 0 radical (unpaired) electrons. The summed E-state index contributed by atoms with van der Waals surface area (Å²) in [5, 5.41) is 18.9. The van der Waals surface area contributed by atoms with Gasteiger partial charge in [-0.05, 0) is 47.0 Å². The molecule has 1 aromatic rings. The lowest BCUT2D eigenvalue weighted by molar-refractivity contribution is -0.0548. The van der Waals surface area contributed by atoms with Crippen LogP contribution in [0.25, 0.3) is 0 Å². The van der Waals surface area contributed by atoms with E-state index in [0.29, 0.717) is 17.5 Å². The average Bonchev–Trinajstić information content (AvgIpc) is 2.78. The van der Waals surface area contributed by atoms with Gasteiger partial charge in [0.2, 0.25) is 0 Å². The first-order chi connectivity index (χ1) is 9.86. The van der Waals surface area contributed by atoms with Crippen LogP contribution < -0.4 is 5.46 Å². The van der Waals surface area contributed by atoms with Gasteiger partial charge in [0.25, 0.3) is 0 Å². The van der Waals surface area contributed by atoms with Crippen LogP contribution >= 0.6 is 0 Å². The highest BCUT2D eigenvalue weighted by molar-refractivity contribution is 6.59. The van der Waals surface area contributed by atoms with E-state index in [1.165, 1.54) is 12.8 Å². The summed E-state index contributed by atoms with van der Waals surface area (Å²) in [7, 11) is -1.43. The quantitative estimate of drug-likeness (QED) is 0.834. The highest BCUT2D eigenvalue weighted by atomic mass is 16.5. The van der Waals surface area contributed by atoms with Crippen molar-refractivity contribution in [1.29, 1.82) is 0 Å². The number of hydrogen-bond acceptors (Lipinski definition) is 3. The van der Waals surface area contributed by atoms with Crippen molar-refractivity contribution in [3.8, 4) is 0 Å². The fourth-order valence-corrected chi connectivity index (χ4v) is 4.49. The summed E-state index contributed by atoms with van der Waals surface area (Å²) in [6, 6.07) is 7.39. The standard InChI is InChI=1S/C17H25BO3/c1-16(2)13-8-9-17(16,3)15(10-13)21-11-12-6-4-5-7-14(12)18(19)20/h4-7,13,15,19-20H,8-11H2,1-3H3. The molecule has 0 aromatic heterocycles. The maximum Gasteiger partial charge on any atom is 0.488 e. The van der Waals surface area contributed by atoms with Crippen LogP contribution in [0, 0.1) is 16.7 Å². The summed E-state index contributed by atoms with van der Waals surface area (Å²) < 4.78 is 6.23. The Bertz CT molecular complexity index is 529. The molecule has 0 aliphatic heterocycles. The smallest absolute Gasteiger partial charge is 0.423 e. The van der Waals surface area contributed by atoms with Gasteiger partial charge in [0.05, 0.1) is 12.7 Å². The van der Waals surface area contributed by atoms with Gasteiger partial charge in [-0.15, -0.1) is 0 Å². The Kier molecular flexibility index (Phi) is 3.67. The summed E-state index contributed by atoms with van der Waals surface area (Å²) >= 11 is 0. The minimum Gasteiger partial charge on any atom is -0.423 e. The topological polar surface area (TPSA) is 49.7 Å². The van der Waals surface area contributed by atoms with E-state index in [9.17, 15) is 10.0 Å². The molecular formula is C17H25BO3. The third kappa shape index (κ3) is 2.24. The summed E-state index contributed by atoms with van der Waals surface area (Å²) in [4.78, 5) is 0. The third-order valence-electron chi connectivity index (χ3n) is 6.49. The zero-order valence-electron chi connectivity index (χ0n) is 13.2. The molecule has 21 heavy (non-hydrogen) atoms. The summed E-state index contributed by atoms with van der Waals surface area (Å²) in [5.41, 5.74) is 2.00. The number of benzene rings is 1. The second-order valence-corrected chi connectivity index (χ2v) is 7.48. The molecule has 2 saturated carbocycles. The molecular weight excluding hydrogens is 263 g/mol. The molecule has 114 valence electrons. The molecule has 0 heterocycles. The van der Waals surface area contributed by atoms with Gasteiger partial charge in [-0.25, -0.2) is 0 Å². The van der Waals surface area contributed by atoms with Gasteiger partial charge in [-0.2, -0.15) is 0 Å². The highest BCUT2D eigenvalue weighted by Crippen LogP contribution is 2.66. The van der Waals surface area contributed by atoms with Crippen molar-refractivity contribution in [3.63, 3.8) is 0 Å². The molecule has 2 aliphatic rings. The Labute approximate surface area is 127 Å². The molecule has 2 N–H and O–H groups in total. The number of fused-ring (bicyclic) bond motifs is 2. The van der Waals surface area contributed by atoms with Gasteiger partial charge in [-0.3, -0.25) is 0 Å². The van der Waals surface area contributed by atoms with Gasteiger partial charge in [0.15, 0.2) is 0 Å². The Morgan fingerprint density at radius 2 is 1.95 bits per heavy atom. The Hall–Kier alpha value is -0.835. The van der Waals surface area contributed by atoms with Crippen LogP contribution in [-0.4, -0.2) is 23.3 Å². The largest absolute Gasteiger partial charge is 0.488 e. The fourth-order valence-electron chi connectivity index (χ4n) is 4.49. The van der Waals surface area contributed by atoms with E-state index in [2.05, 4.69) is 20.8 Å². The van der Waals surface area contributed by atoms with Crippen molar-refractivity contribution in [2.75, 3.05) is 0 Å². The monoisotopic (exact) mass is 288 g/mol. The van der Waals surface area contributed by atoms with Crippen molar-refractivity contribution in [1.82, 2.24) is 0 Å². The van der Waals surface area contributed by atoms with E-state index in [1.807, 2.05) is 18.2 Å². The molecule has 3 rings (SSSR count). The average molecular weight is 288 g/mol. The van der Waals surface area contributed by atoms with Gasteiger partial charge >= 0.3 is 7.12 Å².